The number of benzene rings is 2. The standard InChI is InChI=1S/C19H24N2O4S/c22-19(23)20-12-14-8-10-15(11-9-14)13-21-26(24,25)18-7-3-5-16-4-1-2-6-17(16)18/h1-7,14-15,20-21H,8-13H2,(H,22,23). The number of rotatable bonds is 6. The van der Waals surface area contributed by atoms with Gasteiger partial charge in [-0.3, -0.25) is 0 Å². The van der Waals surface area contributed by atoms with Gasteiger partial charge >= 0.3 is 6.09 Å². The van der Waals surface area contributed by atoms with Crippen molar-refractivity contribution in [1.82, 2.24) is 10.0 Å². The van der Waals surface area contributed by atoms with Crippen molar-refractivity contribution in [2.24, 2.45) is 11.8 Å². The quantitative estimate of drug-likeness (QED) is 0.721. The molecular formula is C19H24N2O4S. The molecule has 0 heterocycles. The van der Waals surface area contributed by atoms with Gasteiger partial charge in [-0.15, -0.1) is 0 Å². The highest BCUT2D eigenvalue weighted by atomic mass is 32.2. The van der Waals surface area contributed by atoms with E-state index in [9.17, 15) is 13.2 Å². The molecule has 0 unspecified atom stereocenters. The lowest BCUT2D eigenvalue weighted by molar-refractivity contribution is 0.188. The van der Waals surface area contributed by atoms with Crippen molar-refractivity contribution < 1.29 is 18.3 Å². The van der Waals surface area contributed by atoms with Crippen LogP contribution in [0.15, 0.2) is 47.4 Å². The fourth-order valence-corrected chi connectivity index (χ4v) is 4.95. The molecule has 3 rings (SSSR count). The molecule has 1 fully saturated rings. The molecule has 3 N–H and O–H groups in total. The monoisotopic (exact) mass is 376 g/mol. The molecule has 0 bridgehead atoms. The molecule has 0 saturated heterocycles. The summed E-state index contributed by atoms with van der Waals surface area (Å²) in [6, 6.07) is 12.8. The van der Waals surface area contributed by atoms with Gasteiger partial charge in [0.15, 0.2) is 0 Å². The predicted molar refractivity (Wildman–Crippen MR) is 101 cm³/mol. The number of carboxylic acid groups (broad SMARTS) is 1. The number of hydrogen-bond acceptors (Lipinski definition) is 3. The molecule has 1 aliphatic rings. The summed E-state index contributed by atoms with van der Waals surface area (Å²) in [7, 11) is -3.56. The molecule has 0 atom stereocenters. The fraction of sp³-hybridized carbons (Fsp3) is 0.421. The summed E-state index contributed by atoms with van der Waals surface area (Å²) >= 11 is 0. The molecule has 1 aliphatic carbocycles. The maximum absolute atomic E-state index is 12.7. The van der Waals surface area contributed by atoms with Gasteiger partial charge in [-0.25, -0.2) is 17.9 Å². The molecule has 1 saturated carbocycles. The summed E-state index contributed by atoms with van der Waals surface area (Å²) in [6.45, 7) is 0.897. The summed E-state index contributed by atoms with van der Waals surface area (Å²) in [5.74, 6) is 0.637. The zero-order chi connectivity index (χ0) is 18.6. The molecule has 0 aliphatic heterocycles. The van der Waals surface area contributed by atoms with E-state index >= 15 is 0 Å². The van der Waals surface area contributed by atoms with E-state index in [0.29, 0.717) is 29.8 Å². The molecule has 26 heavy (non-hydrogen) atoms. The van der Waals surface area contributed by atoms with E-state index < -0.39 is 16.1 Å². The first kappa shape index (κ1) is 18.7. The number of hydrogen-bond donors (Lipinski definition) is 3. The van der Waals surface area contributed by atoms with Crippen molar-refractivity contribution in [3.8, 4) is 0 Å². The molecule has 2 aromatic carbocycles. The van der Waals surface area contributed by atoms with Crippen molar-refractivity contribution in [3.05, 3.63) is 42.5 Å². The lowest BCUT2D eigenvalue weighted by Gasteiger charge is -2.28. The van der Waals surface area contributed by atoms with E-state index in [-0.39, 0.29) is 0 Å². The highest BCUT2D eigenvalue weighted by molar-refractivity contribution is 7.89. The van der Waals surface area contributed by atoms with Gasteiger partial charge in [-0.1, -0.05) is 36.4 Å². The van der Waals surface area contributed by atoms with Gasteiger partial charge in [-0.05, 0) is 49.0 Å². The number of nitrogens with one attached hydrogen (secondary N) is 2. The summed E-state index contributed by atoms with van der Waals surface area (Å²) in [5, 5.41) is 12.7. The fourth-order valence-electron chi connectivity index (χ4n) is 3.61. The lowest BCUT2D eigenvalue weighted by Crippen LogP contribution is -2.34. The minimum absolute atomic E-state index is 0.292. The molecular weight excluding hydrogens is 352 g/mol. The number of fused-ring (bicyclic) bond motifs is 1. The van der Waals surface area contributed by atoms with Crippen LogP contribution in [-0.4, -0.2) is 32.7 Å². The molecule has 140 valence electrons. The highest BCUT2D eigenvalue weighted by Crippen LogP contribution is 2.29. The first-order valence-electron chi connectivity index (χ1n) is 8.90. The third-order valence-electron chi connectivity index (χ3n) is 5.11. The van der Waals surface area contributed by atoms with E-state index in [1.54, 1.807) is 12.1 Å². The van der Waals surface area contributed by atoms with E-state index in [2.05, 4.69) is 10.0 Å². The van der Waals surface area contributed by atoms with Gasteiger partial charge in [0, 0.05) is 18.5 Å². The van der Waals surface area contributed by atoms with Crippen LogP contribution in [0.4, 0.5) is 4.79 Å². The first-order chi connectivity index (χ1) is 12.5. The predicted octanol–water partition coefficient (Wildman–Crippen LogP) is 3.19. The van der Waals surface area contributed by atoms with Gasteiger partial charge in [0.1, 0.15) is 0 Å². The first-order valence-corrected chi connectivity index (χ1v) is 10.4. The van der Waals surface area contributed by atoms with Crippen LogP contribution in [-0.2, 0) is 10.0 Å². The maximum Gasteiger partial charge on any atom is 0.404 e. The molecule has 7 heteroatoms. The molecule has 0 aromatic heterocycles. The zero-order valence-corrected chi connectivity index (χ0v) is 15.3. The van der Waals surface area contributed by atoms with Crippen LogP contribution >= 0.6 is 0 Å². The summed E-state index contributed by atoms with van der Waals surface area (Å²) < 4.78 is 28.3. The van der Waals surface area contributed by atoms with Crippen molar-refractivity contribution in [3.63, 3.8) is 0 Å². The Morgan fingerprint density at radius 3 is 2.27 bits per heavy atom. The van der Waals surface area contributed by atoms with Gasteiger partial charge in [-0.2, -0.15) is 0 Å². The SMILES string of the molecule is O=C(O)NCC1CCC(CNS(=O)(=O)c2cccc3ccccc23)CC1. The smallest absolute Gasteiger partial charge is 0.404 e. The van der Waals surface area contributed by atoms with E-state index in [0.717, 1.165) is 36.5 Å². The Kier molecular flexibility index (Phi) is 5.78. The minimum atomic E-state index is -3.56. The Hall–Kier alpha value is -2.12. The topological polar surface area (TPSA) is 95.5 Å². The average Bonchev–Trinajstić information content (AvgIpc) is 2.65. The molecule has 0 spiro atoms. The van der Waals surface area contributed by atoms with E-state index in [1.807, 2.05) is 30.3 Å². The Bertz CT molecular complexity index is 869. The lowest BCUT2D eigenvalue weighted by atomic mass is 9.82. The van der Waals surface area contributed by atoms with Gasteiger partial charge < -0.3 is 10.4 Å². The molecule has 2 aromatic rings. The highest BCUT2D eigenvalue weighted by Gasteiger charge is 2.24. The third-order valence-corrected chi connectivity index (χ3v) is 6.59. The molecule has 1 amide bonds. The van der Waals surface area contributed by atoms with Gasteiger partial charge in [0.25, 0.3) is 0 Å². The van der Waals surface area contributed by atoms with E-state index in [1.165, 1.54) is 0 Å². The Balaban J connectivity index is 1.58. The summed E-state index contributed by atoms with van der Waals surface area (Å²) in [4.78, 5) is 10.9. The van der Waals surface area contributed by atoms with E-state index in [4.69, 9.17) is 5.11 Å². The minimum Gasteiger partial charge on any atom is -0.465 e. The van der Waals surface area contributed by atoms with Crippen LogP contribution in [0.5, 0.6) is 0 Å². The normalized spacial score (nSPS) is 20.8. The van der Waals surface area contributed by atoms with Crippen molar-refractivity contribution in [1.29, 1.82) is 0 Å². The van der Waals surface area contributed by atoms with Crippen molar-refractivity contribution >= 4 is 26.9 Å². The van der Waals surface area contributed by atoms with Crippen LogP contribution in [0.3, 0.4) is 0 Å². The average molecular weight is 376 g/mol. The Labute approximate surface area is 153 Å². The maximum atomic E-state index is 12.7. The summed E-state index contributed by atoms with van der Waals surface area (Å²) in [6.07, 6.45) is 2.66. The van der Waals surface area contributed by atoms with Crippen LogP contribution in [0.2, 0.25) is 0 Å². The van der Waals surface area contributed by atoms with Crippen LogP contribution in [0.25, 0.3) is 10.8 Å². The zero-order valence-electron chi connectivity index (χ0n) is 14.5. The number of carbonyl (C=O) groups is 1. The van der Waals surface area contributed by atoms with Crippen LogP contribution in [0.1, 0.15) is 25.7 Å². The van der Waals surface area contributed by atoms with Crippen LogP contribution < -0.4 is 10.0 Å². The number of amides is 1. The second kappa shape index (κ2) is 8.05. The second-order valence-corrected chi connectivity index (χ2v) is 8.64. The number of sulfonamides is 1. The molecule has 0 radical (unpaired) electrons. The van der Waals surface area contributed by atoms with Crippen molar-refractivity contribution in [2.45, 2.75) is 30.6 Å². The third kappa shape index (κ3) is 4.53. The van der Waals surface area contributed by atoms with Gasteiger partial charge in [0.05, 0.1) is 4.90 Å². The second-order valence-electron chi connectivity index (χ2n) is 6.90. The largest absolute Gasteiger partial charge is 0.465 e. The van der Waals surface area contributed by atoms with Crippen LogP contribution in [0, 0.1) is 11.8 Å². The molecule has 6 nitrogen and oxygen atoms in total. The van der Waals surface area contributed by atoms with Gasteiger partial charge in [0.2, 0.25) is 10.0 Å². The van der Waals surface area contributed by atoms with Crippen molar-refractivity contribution in [2.75, 3.05) is 13.1 Å². The summed E-state index contributed by atoms with van der Waals surface area (Å²) in [5.41, 5.74) is 0. The Morgan fingerprint density at radius 2 is 1.58 bits per heavy atom. The Morgan fingerprint density at radius 1 is 0.962 bits per heavy atom.